The monoisotopic (exact) mass is 209 g/mol. The zero-order valence-electron chi connectivity index (χ0n) is 8.75. The molecule has 0 fully saturated rings. The quantitative estimate of drug-likeness (QED) is 0.816. The van der Waals surface area contributed by atoms with Crippen LogP contribution in [0.1, 0.15) is 17.5 Å². The van der Waals surface area contributed by atoms with Crippen LogP contribution in [0.3, 0.4) is 0 Å². The molecule has 3 heteroatoms. The molecule has 82 valence electrons. The summed E-state index contributed by atoms with van der Waals surface area (Å²) >= 11 is 0. The van der Waals surface area contributed by atoms with Crippen LogP contribution in [0.25, 0.3) is 0 Å². The summed E-state index contributed by atoms with van der Waals surface area (Å²) in [6.07, 6.45) is 1.78. The molecule has 1 heterocycles. The van der Waals surface area contributed by atoms with Gasteiger partial charge in [-0.05, 0) is 36.1 Å². The molecule has 1 aliphatic rings. The average Bonchev–Trinajstić information content (AvgIpc) is 2.25. The number of benzene rings is 1. The Balaban J connectivity index is 2.05. The van der Waals surface area contributed by atoms with Gasteiger partial charge in [0.05, 0.1) is 0 Å². The molecule has 1 aromatic rings. The maximum atomic E-state index is 13.0. The first kappa shape index (κ1) is 10.6. The fraction of sp³-hybridized carbons (Fsp3) is 0.500. The molecule has 0 spiro atoms. The van der Waals surface area contributed by atoms with E-state index in [0.717, 1.165) is 38.0 Å². The molecule has 1 aliphatic heterocycles. The highest BCUT2D eigenvalue weighted by molar-refractivity contribution is 5.29. The van der Waals surface area contributed by atoms with Crippen LogP contribution in [0.4, 0.5) is 4.39 Å². The summed E-state index contributed by atoms with van der Waals surface area (Å²) < 4.78 is 13.0. The minimum Gasteiger partial charge on any atom is -0.396 e. The molecule has 1 N–H and O–H groups in total. The Hall–Kier alpha value is -0.930. The highest BCUT2D eigenvalue weighted by atomic mass is 19.1. The molecule has 2 rings (SSSR count). The van der Waals surface area contributed by atoms with Crippen LogP contribution in [0.2, 0.25) is 0 Å². The summed E-state index contributed by atoms with van der Waals surface area (Å²) in [5, 5.41) is 8.75. The van der Waals surface area contributed by atoms with Gasteiger partial charge in [-0.15, -0.1) is 0 Å². The minimum atomic E-state index is -0.155. The highest BCUT2D eigenvalue weighted by Crippen LogP contribution is 2.19. The van der Waals surface area contributed by atoms with Gasteiger partial charge in [0.25, 0.3) is 0 Å². The maximum absolute atomic E-state index is 13.0. The summed E-state index contributed by atoms with van der Waals surface area (Å²) in [7, 11) is 0. The van der Waals surface area contributed by atoms with E-state index in [-0.39, 0.29) is 12.4 Å². The van der Waals surface area contributed by atoms with Gasteiger partial charge in [0.15, 0.2) is 0 Å². The third-order valence-electron chi connectivity index (χ3n) is 2.89. The zero-order chi connectivity index (χ0) is 10.7. The molecule has 0 unspecified atom stereocenters. The fourth-order valence-corrected chi connectivity index (χ4v) is 2.07. The molecule has 0 bridgehead atoms. The maximum Gasteiger partial charge on any atom is 0.123 e. The lowest BCUT2D eigenvalue weighted by Gasteiger charge is -2.28. The number of aliphatic hydroxyl groups excluding tert-OH is 1. The molecule has 2 nitrogen and oxygen atoms in total. The second kappa shape index (κ2) is 4.73. The second-order valence-electron chi connectivity index (χ2n) is 4.02. The Morgan fingerprint density at radius 2 is 2.20 bits per heavy atom. The highest BCUT2D eigenvalue weighted by Gasteiger charge is 2.15. The smallest absolute Gasteiger partial charge is 0.123 e. The molecule has 0 radical (unpaired) electrons. The molecule has 0 saturated heterocycles. The normalized spacial score (nSPS) is 16.4. The molecule has 15 heavy (non-hydrogen) atoms. The fourth-order valence-electron chi connectivity index (χ4n) is 2.07. The topological polar surface area (TPSA) is 23.5 Å². The molecule has 0 aromatic heterocycles. The summed E-state index contributed by atoms with van der Waals surface area (Å²) in [6, 6.07) is 5.04. The molecule has 0 atom stereocenters. The predicted octanol–water partition coefficient (Wildman–Crippen LogP) is 1.57. The van der Waals surface area contributed by atoms with Gasteiger partial charge in [-0.2, -0.15) is 0 Å². The minimum absolute atomic E-state index is 0.155. The van der Waals surface area contributed by atoms with Crippen molar-refractivity contribution in [2.75, 3.05) is 19.7 Å². The van der Waals surface area contributed by atoms with E-state index in [2.05, 4.69) is 4.90 Å². The first-order chi connectivity index (χ1) is 7.29. The summed E-state index contributed by atoms with van der Waals surface area (Å²) in [5.41, 5.74) is 2.36. The van der Waals surface area contributed by atoms with Crippen LogP contribution in [0.15, 0.2) is 18.2 Å². The number of halogens is 1. The van der Waals surface area contributed by atoms with Crippen LogP contribution in [0, 0.1) is 5.82 Å². The summed E-state index contributed by atoms with van der Waals surface area (Å²) in [6.45, 7) is 2.95. The Morgan fingerprint density at radius 1 is 1.33 bits per heavy atom. The number of aliphatic hydroxyl groups is 1. The number of rotatable bonds is 3. The SMILES string of the molecule is OCCCN1CCc2ccc(F)cc2C1. The lowest BCUT2D eigenvalue weighted by molar-refractivity contribution is 0.212. The van der Waals surface area contributed by atoms with Crippen molar-refractivity contribution in [3.63, 3.8) is 0 Å². The van der Waals surface area contributed by atoms with Crippen molar-refractivity contribution in [2.24, 2.45) is 0 Å². The van der Waals surface area contributed by atoms with Gasteiger partial charge in [0.2, 0.25) is 0 Å². The zero-order valence-corrected chi connectivity index (χ0v) is 8.75. The van der Waals surface area contributed by atoms with Gasteiger partial charge in [-0.3, -0.25) is 4.90 Å². The first-order valence-electron chi connectivity index (χ1n) is 5.40. The third-order valence-corrected chi connectivity index (χ3v) is 2.89. The van der Waals surface area contributed by atoms with E-state index in [1.807, 2.05) is 6.07 Å². The van der Waals surface area contributed by atoms with Crippen molar-refractivity contribution < 1.29 is 9.50 Å². The van der Waals surface area contributed by atoms with Crippen molar-refractivity contribution in [1.82, 2.24) is 4.90 Å². The lowest BCUT2D eigenvalue weighted by atomic mass is 9.99. The van der Waals surface area contributed by atoms with Crippen molar-refractivity contribution in [1.29, 1.82) is 0 Å². The van der Waals surface area contributed by atoms with Crippen molar-refractivity contribution in [3.8, 4) is 0 Å². The van der Waals surface area contributed by atoms with Crippen LogP contribution in [-0.2, 0) is 13.0 Å². The van der Waals surface area contributed by atoms with Gasteiger partial charge in [-0.1, -0.05) is 6.07 Å². The summed E-state index contributed by atoms with van der Waals surface area (Å²) in [4.78, 5) is 2.26. The number of hydrogen-bond acceptors (Lipinski definition) is 2. The standard InChI is InChI=1S/C12H16FNO/c13-12-3-2-10-4-6-14(5-1-7-15)9-11(10)8-12/h2-3,8,15H,1,4-7,9H2. The van der Waals surface area contributed by atoms with Gasteiger partial charge in [0, 0.05) is 26.2 Å². The van der Waals surface area contributed by atoms with Crippen molar-refractivity contribution in [2.45, 2.75) is 19.4 Å². The Kier molecular flexibility index (Phi) is 3.34. The number of nitrogens with zero attached hydrogens (tertiary/aromatic N) is 1. The molecular formula is C12H16FNO. The van der Waals surface area contributed by atoms with E-state index in [0.29, 0.717) is 0 Å². The van der Waals surface area contributed by atoms with Crippen LogP contribution < -0.4 is 0 Å². The molecular weight excluding hydrogens is 193 g/mol. The molecule has 1 aromatic carbocycles. The van der Waals surface area contributed by atoms with Gasteiger partial charge < -0.3 is 5.11 Å². The van der Waals surface area contributed by atoms with Crippen molar-refractivity contribution in [3.05, 3.63) is 35.1 Å². The van der Waals surface area contributed by atoms with Crippen LogP contribution in [-0.4, -0.2) is 29.7 Å². The van der Waals surface area contributed by atoms with Gasteiger partial charge in [-0.25, -0.2) is 4.39 Å². The lowest BCUT2D eigenvalue weighted by Crippen LogP contribution is -2.31. The molecule has 0 amide bonds. The largest absolute Gasteiger partial charge is 0.396 e. The van der Waals surface area contributed by atoms with E-state index >= 15 is 0 Å². The first-order valence-corrected chi connectivity index (χ1v) is 5.40. The van der Waals surface area contributed by atoms with E-state index in [1.54, 1.807) is 6.07 Å². The number of hydrogen-bond donors (Lipinski definition) is 1. The second-order valence-corrected chi connectivity index (χ2v) is 4.02. The Morgan fingerprint density at radius 3 is 3.00 bits per heavy atom. The van der Waals surface area contributed by atoms with Crippen LogP contribution in [0.5, 0.6) is 0 Å². The predicted molar refractivity (Wildman–Crippen MR) is 57.1 cm³/mol. The Labute approximate surface area is 89.3 Å². The van der Waals surface area contributed by atoms with E-state index < -0.39 is 0 Å². The van der Waals surface area contributed by atoms with Gasteiger partial charge >= 0.3 is 0 Å². The average molecular weight is 209 g/mol. The third kappa shape index (κ3) is 2.55. The van der Waals surface area contributed by atoms with Gasteiger partial charge in [0.1, 0.15) is 5.82 Å². The van der Waals surface area contributed by atoms with Crippen molar-refractivity contribution >= 4 is 0 Å². The van der Waals surface area contributed by atoms with Crippen LogP contribution >= 0.6 is 0 Å². The van der Waals surface area contributed by atoms with E-state index in [1.165, 1.54) is 11.6 Å². The summed E-state index contributed by atoms with van der Waals surface area (Å²) in [5.74, 6) is -0.155. The van der Waals surface area contributed by atoms with E-state index in [4.69, 9.17) is 5.11 Å². The number of fused-ring (bicyclic) bond motifs is 1. The molecule has 0 saturated carbocycles. The Bertz CT molecular complexity index is 340. The molecule has 0 aliphatic carbocycles. The van der Waals surface area contributed by atoms with E-state index in [9.17, 15) is 4.39 Å².